The van der Waals surface area contributed by atoms with Crippen LogP contribution < -0.4 is 16.4 Å². The second-order valence-corrected chi connectivity index (χ2v) is 3.86. The number of halogens is 1. The van der Waals surface area contributed by atoms with E-state index < -0.39 is 6.09 Å². The van der Waals surface area contributed by atoms with Crippen molar-refractivity contribution < 1.29 is 14.3 Å². The summed E-state index contributed by atoms with van der Waals surface area (Å²) < 4.78 is 12.8. The molecule has 2 aromatic carbocycles. The van der Waals surface area contributed by atoms with Crippen LogP contribution in [0, 0.1) is 5.82 Å². The zero-order valence-electron chi connectivity index (χ0n) is 9.85. The largest absolute Gasteiger partial charge is 0.465 e. The minimum absolute atomic E-state index is 0.300. The summed E-state index contributed by atoms with van der Waals surface area (Å²) in [5.41, 5.74) is 7.73. The molecule has 0 aliphatic rings. The Morgan fingerprint density at radius 3 is 2.32 bits per heavy atom. The molecule has 0 bridgehead atoms. The van der Waals surface area contributed by atoms with E-state index in [4.69, 9.17) is 10.8 Å². The number of benzene rings is 2. The van der Waals surface area contributed by atoms with E-state index in [1.807, 2.05) is 0 Å². The van der Waals surface area contributed by atoms with Crippen LogP contribution in [0.1, 0.15) is 0 Å². The van der Waals surface area contributed by atoms with E-state index in [1.54, 1.807) is 30.3 Å². The van der Waals surface area contributed by atoms with Gasteiger partial charge in [0.15, 0.2) is 0 Å². The van der Waals surface area contributed by atoms with Crippen molar-refractivity contribution in [2.24, 2.45) is 0 Å². The molecule has 19 heavy (non-hydrogen) atoms. The van der Waals surface area contributed by atoms with Crippen LogP contribution in [-0.2, 0) is 0 Å². The van der Waals surface area contributed by atoms with Crippen molar-refractivity contribution in [2.45, 2.75) is 0 Å². The molecule has 6 heteroatoms. The molecule has 0 spiro atoms. The fourth-order valence-corrected chi connectivity index (χ4v) is 1.57. The van der Waals surface area contributed by atoms with E-state index in [9.17, 15) is 9.18 Å². The van der Waals surface area contributed by atoms with Gasteiger partial charge in [-0.2, -0.15) is 0 Å². The first-order chi connectivity index (χ1) is 9.04. The number of nitrogen functional groups attached to an aromatic ring is 1. The molecule has 2 aromatic rings. The summed E-state index contributed by atoms with van der Waals surface area (Å²) in [6.45, 7) is 0. The molecule has 0 saturated heterocycles. The molecule has 0 heterocycles. The minimum atomic E-state index is -1.18. The van der Waals surface area contributed by atoms with Gasteiger partial charge in [-0.05, 0) is 42.5 Å². The molecule has 0 aromatic heterocycles. The van der Waals surface area contributed by atoms with E-state index in [2.05, 4.69) is 10.6 Å². The number of amides is 1. The van der Waals surface area contributed by atoms with Gasteiger partial charge < -0.3 is 16.2 Å². The maximum absolute atomic E-state index is 12.8. The Morgan fingerprint density at radius 2 is 1.74 bits per heavy atom. The lowest BCUT2D eigenvalue weighted by Crippen LogP contribution is -2.09. The molecule has 5 nitrogen and oxygen atoms in total. The standard InChI is InChI=1S/C13H12FN3O2/c14-8-1-3-9(4-2-8)16-10-5-6-12(11(15)7-10)17-13(18)19/h1-7,16-17H,15H2,(H,18,19). The van der Waals surface area contributed by atoms with Crippen molar-refractivity contribution in [3.63, 3.8) is 0 Å². The molecule has 0 unspecified atom stereocenters. The third kappa shape index (κ3) is 3.35. The van der Waals surface area contributed by atoms with Gasteiger partial charge in [0.25, 0.3) is 0 Å². The summed E-state index contributed by atoms with van der Waals surface area (Å²) in [6.07, 6.45) is -1.18. The molecule has 98 valence electrons. The summed E-state index contributed by atoms with van der Waals surface area (Å²) in [6, 6.07) is 10.7. The van der Waals surface area contributed by atoms with Crippen LogP contribution in [0.2, 0.25) is 0 Å². The molecule has 5 N–H and O–H groups in total. The predicted octanol–water partition coefficient (Wildman–Crippen LogP) is 3.24. The van der Waals surface area contributed by atoms with E-state index in [0.29, 0.717) is 22.7 Å². The quantitative estimate of drug-likeness (QED) is 0.639. The highest BCUT2D eigenvalue weighted by atomic mass is 19.1. The van der Waals surface area contributed by atoms with Crippen LogP contribution in [0.15, 0.2) is 42.5 Å². The van der Waals surface area contributed by atoms with Gasteiger partial charge in [0.2, 0.25) is 0 Å². The number of nitrogens with two attached hydrogens (primary N) is 1. The second kappa shape index (κ2) is 5.26. The van der Waals surface area contributed by atoms with Crippen LogP contribution in [0.5, 0.6) is 0 Å². The van der Waals surface area contributed by atoms with Crippen LogP contribution in [0.25, 0.3) is 0 Å². The number of carboxylic acid groups (broad SMARTS) is 1. The van der Waals surface area contributed by atoms with Crippen LogP contribution in [-0.4, -0.2) is 11.2 Å². The van der Waals surface area contributed by atoms with Crippen molar-refractivity contribution >= 4 is 28.8 Å². The maximum Gasteiger partial charge on any atom is 0.409 e. The highest BCUT2D eigenvalue weighted by Gasteiger charge is 2.04. The molecule has 0 atom stereocenters. The topological polar surface area (TPSA) is 87.4 Å². The zero-order chi connectivity index (χ0) is 13.8. The molecular weight excluding hydrogens is 249 g/mol. The lowest BCUT2D eigenvalue weighted by molar-refractivity contribution is 0.210. The van der Waals surface area contributed by atoms with Gasteiger partial charge >= 0.3 is 6.09 Å². The van der Waals surface area contributed by atoms with Crippen molar-refractivity contribution in [3.05, 3.63) is 48.3 Å². The molecule has 0 radical (unpaired) electrons. The Labute approximate surface area is 108 Å². The van der Waals surface area contributed by atoms with E-state index >= 15 is 0 Å². The van der Waals surface area contributed by atoms with Crippen molar-refractivity contribution in [3.8, 4) is 0 Å². The number of nitrogens with one attached hydrogen (secondary N) is 2. The van der Waals surface area contributed by atoms with Gasteiger partial charge in [-0.1, -0.05) is 0 Å². The van der Waals surface area contributed by atoms with Crippen molar-refractivity contribution in [2.75, 3.05) is 16.4 Å². The van der Waals surface area contributed by atoms with Gasteiger partial charge in [-0.15, -0.1) is 0 Å². The zero-order valence-corrected chi connectivity index (χ0v) is 9.85. The van der Waals surface area contributed by atoms with Gasteiger partial charge in [0, 0.05) is 11.4 Å². The molecule has 0 aliphatic heterocycles. The van der Waals surface area contributed by atoms with E-state index in [1.165, 1.54) is 12.1 Å². The fraction of sp³-hybridized carbons (Fsp3) is 0. The summed E-state index contributed by atoms with van der Waals surface area (Å²) in [4.78, 5) is 10.5. The Kier molecular flexibility index (Phi) is 3.51. The van der Waals surface area contributed by atoms with Crippen LogP contribution in [0.3, 0.4) is 0 Å². The summed E-state index contributed by atoms with van der Waals surface area (Å²) in [7, 11) is 0. The first kappa shape index (κ1) is 12.7. The summed E-state index contributed by atoms with van der Waals surface area (Å²) in [5, 5.41) is 13.8. The Bertz CT molecular complexity index is 599. The van der Waals surface area contributed by atoms with Crippen LogP contribution >= 0.6 is 0 Å². The molecule has 0 fully saturated rings. The molecule has 2 rings (SSSR count). The Morgan fingerprint density at radius 1 is 1.11 bits per heavy atom. The number of hydrogen-bond acceptors (Lipinski definition) is 3. The predicted molar refractivity (Wildman–Crippen MR) is 72.2 cm³/mol. The number of hydrogen-bond donors (Lipinski definition) is 4. The van der Waals surface area contributed by atoms with Crippen molar-refractivity contribution in [1.82, 2.24) is 0 Å². The maximum atomic E-state index is 12.8. The van der Waals surface area contributed by atoms with E-state index in [-0.39, 0.29) is 5.82 Å². The van der Waals surface area contributed by atoms with Gasteiger partial charge in [0.1, 0.15) is 5.82 Å². The summed E-state index contributed by atoms with van der Waals surface area (Å²) >= 11 is 0. The highest BCUT2D eigenvalue weighted by molar-refractivity contribution is 5.88. The Hall–Kier alpha value is -2.76. The summed E-state index contributed by atoms with van der Waals surface area (Å²) in [5.74, 6) is -0.314. The monoisotopic (exact) mass is 261 g/mol. The lowest BCUT2D eigenvalue weighted by Gasteiger charge is -2.10. The first-order valence-electron chi connectivity index (χ1n) is 5.46. The van der Waals surface area contributed by atoms with Crippen molar-refractivity contribution in [1.29, 1.82) is 0 Å². The normalized spacial score (nSPS) is 9.95. The van der Waals surface area contributed by atoms with Crippen LogP contribution in [0.4, 0.5) is 31.9 Å². The molecular formula is C13H12FN3O2. The average molecular weight is 261 g/mol. The molecule has 0 saturated carbocycles. The lowest BCUT2D eigenvalue weighted by atomic mass is 10.2. The third-order valence-electron chi connectivity index (χ3n) is 2.43. The third-order valence-corrected chi connectivity index (χ3v) is 2.43. The Balaban J connectivity index is 2.15. The smallest absolute Gasteiger partial charge is 0.409 e. The highest BCUT2D eigenvalue weighted by Crippen LogP contribution is 2.25. The molecule has 0 aliphatic carbocycles. The number of carbonyl (C=O) groups is 1. The van der Waals surface area contributed by atoms with Gasteiger partial charge in [-0.3, -0.25) is 5.32 Å². The number of anilines is 4. The average Bonchev–Trinajstić information content (AvgIpc) is 2.35. The minimum Gasteiger partial charge on any atom is -0.465 e. The van der Waals surface area contributed by atoms with Gasteiger partial charge in [-0.25, -0.2) is 9.18 Å². The number of rotatable bonds is 3. The second-order valence-electron chi connectivity index (χ2n) is 3.86. The van der Waals surface area contributed by atoms with E-state index in [0.717, 1.165) is 0 Å². The first-order valence-corrected chi connectivity index (χ1v) is 5.46. The molecule has 1 amide bonds. The fourth-order valence-electron chi connectivity index (χ4n) is 1.57. The SMILES string of the molecule is Nc1cc(Nc2ccc(F)cc2)ccc1NC(=O)O. The van der Waals surface area contributed by atoms with Gasteiger partial charge in [0.05, 0.1) is 11.4 Å².